The van der Waals surface area contributed by atoms with Crippen molar-refractivity contribution in [2.45, 2.75) is 45.4 Å². The van der Waals surface area contributed by atoms with Gasteiger partial charge in [0.2, 0.25) is 0 Å². The molecule has 3 heteroatoms. The molecule has 1 aromatic carbocycles. The maximum Gasteiger partial charge on any atom is 0.150 e. The zero-order valence-corrected chi connectivity index (χ0v) is 11.7. The first kappa shape index (κ1) is 15.0. The van der Waals surface area contributed by atoms with Gasteiger partial charge in [-0.25, -0.2) is 0 Å². The maximum absolute atomic E-state index is 10.6. The second-order valence-corrected chi connectivity index (χ2v) is 4.83. The van der Waals surface area contributed by atoms with Crippen molar-refractivity contribution in [3.8, 4) is 5.75 Å². The molecule has 1 rings (SSSR count). The average Bonchev–Trinajstić information content (AvgIpc) is 2.39. The van der Waals surface area contributed by atoms with Crippen molar-refractivity contribution >= 4 is 17.9 Å². The Bertz CT molecular complexity index is 364. The van der Waals surface area contributed by atoms with Gasteiger partial charge in [-0.1, -0.05) is 50.6 Å². The van der Waals surface area contributed by atoms with Gasteiger partial charge >= 0.3 is 0 Å². The van der Waals surface area contributed by atoms with E-state index in [4.69, 9.17) is 16.3 Å². The van der Waals surface area contributed by atoms with E-state index < -0.39 is 0 Å². The summed E-state index contributed by atoms with van der Waals surface area (Å²) in [5, 5.41) is 0.505. The van der Waals surface area contributed by atoms with Gasteiger partial charge in [-0.05, 0) is 24.6 Å². The van der Waals surface area contributed by atoms with E-state index in [-0.39, 0.29) is 0 Å². The van der Waals surface area contributed by atoms with Crippen molar-refractivity contribution in [1.29, 1.82) is 0 Å². The van der Waals surface area contributed by atoms with E-state index in [2.05, 4.69) is 6.92 Å². The van der Waals surface area contributed by atoms with Crippen LogP contribution < -0.4 is 4.74 Å². The highest BCUT2D eigenvalue weighted by atomic mass is 35.5. The van der Waals surface area contributed by atoms with Crippen molar-refractivity contribution in [2.75, 3.05) is 6.61 Å². The summed E-state index contributed by atoms with van der Waals surface area (Å²) in [5.41, 5.74) is 0.576. The summed E-state index contributed by atoms with van der Waals surface area (Å²) in [6, 6.07) is 5.10. The van der Waals surface area contributed by atoms with E-state index in [1.54, 1.807) is 18.2 Å². The Morgan fingerprint density at radius 2 is 1.89 bits per heavy atom. The molecular formula is C15H21ClO2. The van der Waals surface area contributed by atoms with Crippen molar-refractivity contribution < 1.29 is 9.53 Å². The Balaban J connectivity index is 2.21. The van der Waals surface area contributed by atoms with Crippen LogP contribution in [0, 0.1) is 0 Å². The number of benzene rings is 1. The average molecular weight is 269 g/mol. The van der Waals surface area contributed by atoms with Gasteiger partial charge in [-0.15, -0.1) is 0 Å². The topological polar surface area (TPSA) is 26.3 Å². The van der Waals surface area contributed by atoms with Crippen molar-refractivity contribution in [3.05, 3.63) is 28.8 Å². The molecule has 0 unspecified atom stereocenters. The predicted octanol–water partition coefficient (Wildman–Crippen LogP) is 4.89. The Morgan fingerprint density at radius 3 is 2.56 bits per heavy atom. The molecule has 0 aliphatic heterocycles. The molecule has 0 aliphatic rings. The third-order valence-electron chi connectivity index (χ3n) is 2.85. The lowest BCUT2D eigenvalue weighted by Gasteiger charge is -2.08. The molecule has 0 atom stereocenters. The van der Waals surface area contributed by atoms with Gasteiger partial charge in [0.1, 0.15) is 12.0 Å². The summed E-state index contributed by atoms with van der Waals surface area (Å²) in [5.74, 6) is 0.663. The van der Waals surface area contributed by atoms with E-state index in [9.17, 15) is 4.79 Å². The van der Waals surface area contributed by atoms with Crippen LogP contribution >= 0.6 is 11.6 Å². The quantitative estimate of drug-likeness (QED) is 0.471. The SMILES string of the molecule is CCCCCCCCOc1ccc(C=O)cc1Cl. The maximum atomic E-state index is 10.6. The second kappa shape index (κ2) is 8.98. The van der Waals surface area contributed by atoms with Crippen LogP contribution in [-0.4, -0.2) is 12.9 Å². The fourth-order valence-corrected chi connectivity index (χ4v) is 2.02. The van der Waals surface area contributed by atoms with E-state index in [1.807, 2.05) is 0 Å². The van der Waals surface area contributed by atoms with Crippen molar-refractivity contribution in [2.24, 2.45) is 0 Å². The molecule has 0 heterocycles. The van der Waals surface area contributed by atoms with Crippen LogP contribution in [0.5, 0.6) is 5.75 Å². The highest BCUT2D eigenvalue weighted by Gasteiger charge is 2.02. The Kier molecular flexibility index (Phi) is 7.51. The first-order chi connectivity index (χ1) is 8.77. The van der Waals surface area contributed by atoms with Crippen molar-refractivity contribution in [3.63, 3.8) is 0 Å². The highest BCUT2D eigenvalue weighted by Crippen LogP contribution is 2.25. The third kappa shape index (κ3) is 5.54. The fourth-order valence-electron chi connectivity index (χ4n) is 1.77. The number of ether oxygens (including phenoxy) is 1. The minimum Gasteiger partial charge on any atom is -0.492 e. The van der Waals surface area contributed by atoms with Crippen LogP contribution in [-0.2, 0) is 0 Å². The largest absolute Gasteiger partial charge is 0.492 e. The molecule has 0 fully saturated rings. The summed E-state index contributed by atoms with van der Waals surface area (Å²) < 4.78 is 5.59. The Morgan fingerprint density at radius 1 is 1.17 bits per heavy atom. The van der Waals surface area contributed by atoms with Crippen molar-refractivity contribution in [1.82, 2.24) is 0 Å². The van der Waals surface area contributed by atoms with Gasteiger partial charge in [-0.2, -0.15) is 0 Å². The molecule has 0 saturated heterocycles. The van der Waals surface area contributed by atoms with E-state index in [0.717, 1.165) is 12.7 Å². The molecule has 0 aromatic heterocycles. The molecule has 100 valence electrons. The molecule has 0 N–H and O–H groups in total. The summed E-state index contributed by atoms with van der Waals surface area (Å²) in [7, 11) is 0. The summed E-state index contributed by atoms with van der Waals surface area (Å²) in [6.45, 7) is 2.90. The van der Waals surface area contributed by atoms with Crippen LogP contribution in [0.25, 0.3) is 0 Å². The van der Waals surface area contributed by atoms with Crippen LogP contribution in [0.1, 0.15) is 55.8 Å². The molecular weight excluding hydrogens is 248 g/mol. The van der Waals surface area contributed by atoms with E-state index in [1.165, 1.54) is 32.1 Å². The van der Waals surface area contributed by atoms with Gasteiger partial charge in [0.25, 0.3) is 0 Å². The van der Waals surface area contributed by atoms with Gasteiger partial charge < -0.3 is 4.74 Å². The Labute approximate surface area is 114 Å². The van der Waals surface area contributed by atoms with Gasteiger partial charge in [-0.3, -0.25) is 4.79 Å². The molecule has 18 heavy (non-hydrogen) atoms. The number of unbranched alkanes of at least 4 members (excludes halogenated alkanes) is 5. The smallest absolute Gasteiger partial charge is 0.150 e. The summed E-state index contributed by atoms with van der Waals surface area (Å²) in [4.78, 5) is 10.6. The number of rotatable bonds is 9. The second-order valence-electron chi connectivity index (χ2n) is 4.42. The molecule has 1 aromatic rings. The van der Waals surface area contributed by atoms with Gasteiger partial charge in [0, 0.05) is 5.56 Å². The lowest BCUT2D eigenvalue weighted by molar-refractivity contribution is 0.112. The summed E-state index contributed by atoms with van der Waals surface area (Å²) >= 11 is 6.01. The molecule has 0 spiro atoms. The third-order valence-corrected chi connectivity index (χ3v) is 3.14. The lowest BCUT2D eigenvalue weighted by atomic mass is 10.1. The summed E-state index contributed by atoms with van der Waals surface area (Å²) in [6.07, 6.45) is 8.21. The number of halogens is 1. The van der Waals surface area contributed by atoms with Crippen LogP contribution in [0.3, 0.4) is 0 Å². The number of hydrogen-bond donors (Lipinski definition) is 0. The molecule has 2 nitrogen and oxygen atoms in total. The zero-order chi connectivity index (χ0) is 13.2. The van der Waals surface area contributed by atoms with E-state index >= 15 is 0 Å². The number of carbonyl (C=O) groups excluding carboxylic acids is 1. The Hall–Kier alpha value is -1.02. The normalized spacial score (nSPS) is 10.3. The molecule has 0 bridgehead atoms. The highest BCUT2D eigenvalue weighted by molar-refractivity contribution is 6.32. The molecule has 0 aliphatic carbocycles. The monoisotopic (exact) mass is 268 g/mol. The number of aldehydes is 1. The predicted molar refractivity (Wildman–Crippen MR) is 75.7 cm³/mol. The van der Waals surface area contributed by atoms with Crippen LogP contribution in [0.4, 0.5) is 0 Å². The lowest BCUT2D eigenvalue weighted by Crippen LogP contribution is -1.98. The first-order valence-corrected chi connectivity index (χ1v) is 7.03. The standard InChI is InChI=1S/C15H21ClO2/c1-2-3-4-5-6-7-10-18-15-9-8-13(12-17)11-14(15)16/h8-9,11-12H,2-7,10H2,1H3. The van der Waals surface area contributed by atoms with E-state index in [0.29, 0.717) is 22.9 Å². The molecule has 0 amide bonds. The first-order valence-electron chi connectivity index (χ1n) is 6.65. The minimum atomic E-state index is 0.505. The number of hydrogen-bond acceptors (Lipinski definition) is 2. The van der Waals surface area contributed by atoms with Crippen LogP contribution in [0.2, 0.25) is 5.02 Å². The minimum absolute atomic E-state index is 0.505. The molecule has 0 saturated carbocycles. The molecule has 0 radical (unpaired) electrons. The zero-order valence-electron chi connectivity index (χ0n) is 11.0. The number of carbonyl (C=O) groups is 1. The fraction of sp³-hybridized carbons (Fsp3) is 0.533. The van der Waals surface area contributed by atoms with Crippen LogP contribution in [0.15, 0.2) is 18.2 Å². The van der Waals surface area contributed by atoms with Gasteiger partial charge in [0.05, 0.1) is 11.6 Å². The van der Waals surface area contributed by atoms with Gasteiger partial charge in [0.15, 0.2) is 0 Å².